The number of benzene rings is 1. The lowest BCUT2D eigenvalue weighted by Gasteiger charge is -2.28. The van der Waals surface area contributed by atoms with Crippen LogP contribution in [0.3, 0.4) is 0 Å². The summed E-state index contributed by atoms with van der Waals surface area (Å²) in [6.07, 6.45) is 0. The highest BCUT2D eigenvalue weighted by atomic mass is 16.5. The molecule has 21 heavy (non-hydrogen) atoms. The quantitative estimate of drug-likeness (QED) is 0.812. The summed E-state index contributed by atoms with van der Waals surface area (Å²) in [5, 5.41) is 0. The van der Waals surface area contributed by atoms with Crippen LogP contribution in [0.2, 0.25) is 0 Å². The summed E-state index contributed by atoms with van der Waals surface area (Å²) in [5.74, 6) is 1.60. The molecule has 0 atom stereocenters. The average molecular weight is 285 g/mol. The second-order valence-corrected chi connectivity index (χ2v) is 5.07. The van der Waals surface area contributed by atoms with Gasteiger partial charge >= 0.3 is 0 Å². The first kappa shape index (κ1) is 13.6. The lowest BCUT2D eigenvalue weighted by Crippen LogP contribution is -2.36. The monoisotopic (exact) mass is 285 g/mol. The molecule has 0 amide bonds. The Morgan fingerprint density at radius 3 is 2.43 bits per heavy atom. The van der Waals surface area contributed by atoms with E-state index in [4.69, 9.17) is 16.2 Å². The minimum atomic E-state index is 0.626. The van der Waals surface area contributed by atoms with E-state index in [0.29, 0.717) is 30.4 Å². The number of nitrogens with two attached hydrogens (primary N) is 2. The zero-order chi connectivity index (χ0) is 14.8. The molecule has 4 N–H and O–H groups in total. The van der Waals surface area contributed by atoms with E-state index in [1.165, 1.54) is 0 Å². The fraction of sp³-hybridized carbons (Fsp3) is 0.333. The van der Waals surface area contributed by atoms with Crippen LogP contribution in [0.4, 0.5) is 17.2 Å². The van der Waals surface area contributed by atoms with Crippen LogP contribution in [-0.2, 0) is 4.74 Å². The molecular formula is C15H19N5O. The second-order valence-electron chi connectivity index (χ2n) is 5.07. The smallest absolute Gasteiger partial charge is 0.133 e. The topological polar surface area (TPSA) is 90.3 Å². The number of nitrogen functional groups attached to an aromatic ring is 2. The van der Waals surface area contributed by atoms with Crippen molar-refractivity contribution in [2.24, 2.45) is 0 Å². The molecule has 2 aromatic rings. The van der Waals surface area contributed by atoms with Crippen molar-refractivity contribution in [2.75, 3.05) is 42.7 Å². The summed E-state index contributed by atoms with van der Waals surface area (Å²) < 4.78 is 5.38. The Balaban J connectivity index is 2.05. The number of nitrogens with zero attached hydrogens (tertiary/aromatic N) is 3. The van der Waals surface area contributed by atoms with E-state index in [0.717, 1.165) is 30.2 Å². The van der Waals surface area contributed by atoms with E-state index in [1.807, 2.05) is 31.2 Å². The number of aromatic nitrogens is 2. The van der Waals surface area contributed by atoms with Gasteiger partial charge in [0.1, 0.15) is 11.6 Å². The van der Waals surface area contributed by atoms with Crippen molar-refractivity contribution in [3.63, 3.8) is 0 Å². The van der Waals surface area contributed by atoms with Crippen LogP contribution in [0.1, 0.15) is 5.82 Å². The van der Waals surface area contributed by atoms with Crippen molar-refractivity contribution in [3.05, 3.63) is 30.1 Å². The maximum absolute atomic E-state index is 6.06. The zero-order valence-electron chi connectivity index (χ0n) is 12.0. The van der Waals surface area contributed by atoms with Crippen LogP contribution < -0.4 is 16.4 Å². The molecule has 6 nitrogen and oxygen atoms in total. The van der Waals surface area contributed by atoms with Gasteiger partial charge in [-0.25, -0.2) is 9.97 Å². The molecule has 0 aliphatic carbocycles. The predicted molar refractivity (Wildman–Crippen MR) is 84.1 cm³/mol. The molecule has 1 aliphatic rings. The lowest BCUT2D eigenvalue weighted by molar-refractivity contribution is 0.122. The highest BCUT2D eigenvalue weighted by molar-refractivity contribution is 5.85. The maximum atomic E-state index is 6.06. The minimum Gasteiger partial charge on any atom is -0.398 e. The van der Waals surface area contributed by atoms with Crippen LogP contribution in [0.25, 0.3) is 11.3 Å². The summed E-state index contributed by atoms with van der Waals surface area (Å²) in [4.78, 5) is 11.2. The third-order valence-electron chi connectivity index (χ3n) is 3.54. The molecule has 1 saturated heterocycles. The van der Waals surface area contributed by atoms with Gasteiger partial charge in [0.15, 0.2) is 0 Å². The van der Waals surface area contributed by atoms with E-state index in [-0.39, 0.29) is 0 Å². The van der Waals surface area contributed by atoms with E-state index in [9.17, 15) is 0 Å². The number of ether oxygens (including phenoxy) is 1. The Hall–Kier alpha value is -2.34. The predicted octanol–water partition coefficient (Wildman–Crippen LogP) is 1.45. The summed E-state index contributed by atoms with van der Waals surface area (Å²) in [7, 11) is 0. The fourth-order valence-electron chi connectivity index (χ4n) is 2.52. The highest BCUT2D eigenvalue weighted by Gasteiger charge is 2.16. The number of anilines is 3. The summed E-state index contributed by atoms with van der Waals surface area (Å²) in [5.41, 5.74) is 14.9. The van der Waals surface area contributed by atoms with Gasteiger partial charge in [-0.05, 0) is 19.1 Å². The first-order valence-corrected chi connectivity index (χ1v) is 6.98. The van der Waals surface area contributed by atoms with Gasteiger partial charge in [-0.1, -0.05) is 6.07 Å². The Morgan fingerprint density at radius 1 is 1.10 bits per heavy atom. The normalized spacial score (nSPS) is 15.2. The Kier molecular flexibility index (Phi) is 3.62. The van der Waals surface area contributed by atoms with E-state index < -0.39 is 0 Å². The minimum absolute atomic E-state index is 0.626. The van der Waals surface area contributed by atoms with Gasteiger partial charge in [-0.3, -0.25) is 0 Å². The molecule has 1 fully saturated rings. The van der Waals surface area contributed by atoms with E-state index in [2.05, 4.69) is 14.9 Å². The van der Waals surface area contributed by atoms with E-state index >= 15 is 0 Å². The number of hydrogen-bond donors (Lipinski definition) is 2. The van der Waals surface area contributed by atoms with Crippen molar-refractivity contribution in [3.8, 4) is 11.3 Å². The molecule has 0 radical (unpaired) electrons. The van der Waals surface area contributed by atoms with Crippen molar-refractivity contribution in [1.29, 1.82) is 0 Å². The van der Waals surface area contributed by atoms with Crippen molar-refractivity contribution >= 4 is 17.2 Å². The zero-order valence-corrected chi connectivity index (χ0v) is 12.0. The second kappa shape index (κ2) is 5.57. The fourth-order valence-corrected chi connectivity index (χ4v) is 2.52. The number of morpholine rings is 1. The first-order chi connectivity index (χ1) is 10.1. The summed E-state index contributed by atoms with van der Waals surface area (Å²) in [6.45, 7) is 4.97. The van der Waals surface area contributed by atoms with Gasteiger partial charge in [0.25, 0.3) is 0 Å². The molecule has 3 rings (SSSR count). The summed E-state index contributed by atoms with van der Waals surface area (Å²) >= 11 is 0. The molecular weight excluding hydrogens is 266 g/mol. The largest absolute Gasteiger partial charge is 0.398 e. The third kappa shape index (κ3) is 2.75. The average Bonchev–Trinajstić information content (AvgIpc) is 2.47. The number of rotatable bonds is 2. The molecule has 2 heterocycles. The van der Waals surface area contributed by atoms with Crippen LogP contribution in [0.15, 0.2) is 24.3 Å². The standard InChI is InChI=1S/C15H19N5O/c1-10-18-13(15-11(16)3-2-4-12(15)17)9-14(19-10)20-5-7-21-8-6-20/h2-4,9H,5-8,16-17H2,1H3. The Labute approximate surface area is 123 Å². The van der Waals surface area contributed by atoms with Crippen molar-refractivity contribution in [1.82, 2.24) is 9.97 Å². The van der Waals surface area contributed by atoms with Gasteiger partial charge in [0.05, 0.1) is 18.9 Å². The molecule has 6 heteroatoms. The van der Waals surface area contributed by atoms with Crippen LogP contribution in [-0.4, -0.2) is 36.3 Å². The molecule has 1 aliphatic heterocycles. The third-order valence-corrected chi connectivity index (χ3v) is 3.54. The van der Waals surface area contributed by atoms with Crippen LogP contribution in [0, 0.1) is 6.92 Å². The van der Waals surface area contributed by atoms with Crippen LogP contribution in [0.5, 0.6) is 0 Å². The number of aryl methyl sites for hydroxylation is 1. The van der Waals surface area contributed by atoms with Gasteiger partial charge in [0, 0.05) is 36.1 Å². The SMILES string of the molecule is Cc1nc(-c2c(N)cccc2N)cc(N2CCOCC2)n1. The number of hydrogen-bond acceptors (Lipinski definition) is 6. The maximum Gasteiger partial charge on any atom is 0.133 e. The van der Waals surface area contributed by atoms with Crippen molar-refractivity contribution < 1.29 is 4.74 Å². The molecule has 1 aromatic heterocycles. The molecule has 0 spiro atoms. The van der Waals surface area contributed by atoms with Gasteiger partial charge in [0.2, 0.25) is 0 Å². The van der Waals surface area contributed by atoms with Gasteiger partial charge in [-0.15, -0.1) is 0 Å². The lowest BCUT2D eigenvalue weighted by atomic mass is 10.1. The first-order valence-electron chi connectivity index (χ1n) is 6.98. The molecule has 0 saturated carbocycles. The molecule has 0 bridgehead atoms. The highest BCUT2D eigenvalue weighted by Crippen LogP contribution is 2.32. The summed E-state index contributed by atoms with van der Waals surface area (Å²) in [6, 6.07) is 7.44. The van der Waals surface area contributed by atoms with Gasteiger partial charge in [-0.2, -0.15) is 0 Å². The van der Waals surface area contributed by atoms with Crippen LogP contribution >= 0.6 is 0 Å². The van der Waals surface area contributed by atoms with Crippen molar-refractivity contribution in [2.45, 2.75) is 6.92 Å². The molecule has 1 aromatic carbocycles. The van der Waals surface area contributed by atoms with E-state index in [1.54, 1.807) is 0 Å². The Morgan fingerprint density at radius 2 is 1.76 bits per heavy atom. The van der Waals surface area contributed by atoms with Gasteiger partial charge < -0.3 is 21.1 Å². The molecule has 110 valence electrons. The molecule has 0 unspecified atom stereocenters. The Bertz CT molecular complexity index is 632.